The molecule has 0 spiro atoms. The molecule has 0 fully saturated rings. The van der Waals surface area contributed by atoms with Crippen LogP contribution >= 0.6 is 11.6 Å². The molecule has 0 radical (unpaired) electrons. The van der Waals surface area contributed by atoms with Crippen molar-refractivity contribution in [1.82, 2.24) is 4.98 Å². The first-order valence-electron chi connectivity index (χ1n) is 8.11. The third kappa shape index (κ3) is 4.68. The summed E-state index contributed by atoms with van der Waals surface area (Å²) in [7, 11) is 3.10. The van der Waals surface area contributed by atoms with Crippen LogP contribution in [0.3, 0.4) is 0 Å². The van der Waals surface area contributed by atoms with Crippen LogP contribution < -0.4 is 20.1 Å². The molecule has 1 amide bonds. The Balaban J connectivity index is 1.76. The molecule has 3 aromatic rings. The summed E-state index contributed by atoms with van der Waals surface area (Å²) in [6, 6.07) is 15.7. The number of rotatable bonds is 6. The van der Waals surface area contributed by atoms with Crippen LogP contribution in [-0.4, -0.2) is 25.1 Å². The molecule has 0 aliphatic rings. The maximum atomic E-state index is 12.6. The second kappa shape index (κ2) is 8.42. The maximum Gasteiger partial charge on any atom is 0.255 e. The van der Waals surface area contributed by atoms with Crippen molar-refractivity contribution in [2.45, 2.75) is 0 Å². The third-order valence-corrected chi connectivity index (χ3v) is 4.05. The molecule has 0 saturated carbocycles. The number of carbonyl (C=O) groups excluding carboxylic acids is 1. The molecule has 1 heterocycles. The number of halogens is 1. The van der Waals surface area contributed by atoms with Gasteiger partial charge in [-0.2, -0.15) is 0 Å². The van der Waals surface area contributed by atoms with Crippen LogP contribution in [0.4, 0.5) is 17.2 Å². The van der Waals surface area contributed by atoms with Crippen molar-refractivity contribution in [2.75, 3.05) is 24.9 Å². The molecule has 0 unspecified atom stereocenters. The zero-order chi connectivity index (χ0) is 19.2. The van der Waals surface area contributed by atoms with Gasteiger partial charge in [-0.25, -0.2) is 4.98 Å². The van der Waals surface area contributed by atoms with Gasteiger partial charge in [0.1, 0.15) is 17.3 Å². The molecule has 2 aromatic carbocycles. The molecular weight excluding hydrogens is 366 g/mol. The Morgan fingerprint density at radius 2 is 1.78 bits per heavy atom. The van der Waals surface area contributed by atoms with Crippen molar-refractivity contribution in [3.63, 3.8) is 0 Å². The number of carbonyl (C=O) groups is 1. The van der Waals surface area contributed by atoms with Crippen LogP contribution in [0.5, 0.6) is 11.5 Å². The van der Waals surface area contributed by atoms with E-state index < -0.39 is 0 Å². The summed E-state index contributed by atoms with van der Waals surface area (Å²) in [5.41, 5.74) is 1.83. The molecule has 0 saturated heterocycles. The molecular formula is C20H18ClN3O3. The predicted octanol–water partition coefficient (Wildman–Crippen LogP) is 4.75. The minimum absolute atomic E-state index is 0.278. The maximum absolute atomic E-state index is 12.6. The Morgan fingerprint density at radius 3 is 2.48 bits per heavy atom. The minimum Gasteiger partial charge on any atom is -0.497 e. The van der Waals surface area contributed by atoms with Crippen molar-refractivity contribution in [3.8, 4) is 11.5 Å². The first kappa shape index (κ1) is 18.5. The van der Waals surface area contributed by atoms with Gasteiger partial charge in [0.05, 0.1) is 19.9 Å². The Kier molecular flexibility index (Phi) is 5.78. The number of nitrogens with one attached hydrogen (secondary N) is 2. The molecule has 138 valence electrons. The molecule has 2 N–H and O–H groups in total. The molecule has 0 aliphatic carbocycles. The average molecular weight is 384 g/mol. The van der Waals surface area contributed by atoms with Gasteiger partial charge in [0.25, 0.3) is 5.91 Å². The zero-order valence-corrected chi connectivity index (χ0v) is 15.6. The fourth-order valence-electron chi connectivity index (χ4n) is 2.42. The number of hydrogen-bond acceptors (Lipinski definition) is 5. The highest BCUT2D eigenvalue weighted by Crippen LogP contribution is 2.29. The third-order valence-electron chi connectivity index (χ3n) is 3.80. The van der Waals surface area contributed by atoms with Gasteiger partial charge in [-0.3, -0.25) is 4.79 Å². The topological polar surface area (TPSA) is 72.5 Å². The molecule has 3 rings (SSSR count). The van der Waals surface area contributed by atoms with Gasteiger partial charge < -0.3 is 20.1 Å². The highest BCUT2D eigenvalue weighted by molar-refractivity contribution is 6.30. The van der Waals surface area contributed by atoms with Crippen molar-refractivity contribution in [1.29, 1.82) is 0 Å². The molecule has 0 aliphatic heterocycles. The van der Waals surface area contributed by atoms with Crippen LogP contribution in [0.1, 0.15) is 10.4 Å². The van der Waals surface area contributed by atoms with Crippen LogP contribution in [-0.2, 0) is 0 Å². The summed E-state index contributed by atoms with van der Waals surface area (Å²) < 4.78 is 10.5. The molecule has 0 atom stereocenters. The second-order valence-corrected chi connectivity index (χ2v) is 6.02. The second-order valence-electron chi connectivity index (χ2n) is 5.58. The van der Waals surface area contributed by atoms with Gasteiger partial charge in [-0.05, 0) is 48.5 Å². The van der Waals surface area contributed by atoms with Gasteiger partial charge in [-0.15, -0.1) is 0 Å². The molecule has 0 bridgehead atoms. The van der Waals surface area contributed by atoms with E-state index in [9.17, 15) is 4.79 Å². The number of anilines is 3. The number of nitrogens with zero attached hydrogens (tertiary/aromatic N) is 1. The van der Waals surface area contributed by atoms with Gasteiger partial charge in [0, 0.05) is 28.5 Å². The molecule has 27 heavy (non-hydrogen) atoms. The van der Waals surface area contributed by atoms with Crippen LogP contribution in [0, 0.1) is 0 Å². The van der Waals surface area contributed by atoms with Crippen molar-refractivity contribution in [2.24, 2.45) is 0 Å². The van der Waals surface area contributed by atoms with Crippen LogP contribution in [0.15, 0.2) is 60.8 Å². The van der Waals surface area contributed by atoms with Crippen molar-refractivity contribution >= 4 is 34.7 Å². The lowest BCUT2D eigenvalue weighted by atomic mass is 10.2. The van der Waals surface area contributed by atoms with E-state index in [1.165, 1.54) is 7.11 Å². The SMILES string of the molecule is COc1ccc(NC(=O)c2ccnc(Nc3ccc(Cl)cc3)c2)c(OC)c1. The Labute approximate surface area is 162 Å². The smallest absolute Gasteiger partial charge is 0.255 e. The monoisotopic (exact) mass is 383 g/mol. The summed E-state index contributed by atoms with van der Waals surface area (Å²) in [6.45, 7) is 0. The first-order chi connectivity index (χ1) is 13.1. The first-order valence-corrected chi connectivity index (χ1v) is 8.49. The predicted molar refractivity (Wildman–Crippen MR) is 106 cm³/mol. The van der Waals surface area contributed by atoms with E-state index in [1.807, 2.05) is 12.1 Å². The summed E-state index contributed by atoms with van der Waals surface area (Å²) in [6.07, 6.45) is 1.57. The summed E-state index contributed by atoms with van der Waals surface area (Å²) in [5.74, 6) is 1.42. The Morgan fingerprint density at radius 1 is 1.00 bits per heavy atom. The van der Waals surface area contributed by atoms with Crippen molar-refractivity contribution < 1.29 is 14.3 Å². The van der Waals surface area contributed by atoms with E-state index in [0.29, 0.717) is 33.6 Å². The van der Waals surface area contributed by atoms with E-state index in [-0.39, 0.29) is 5.91 Å². The summed E-state index contributed by atoms with van der Waals surface area (Å²) in [5, 5.41) is 6.62. The highest BCUT2D eigenvalue weighted by Gasteiger charge is 2.12. The number of pyridine rings is 1. The fourth-order valence-corrected chi connectivity index (χ4v) is 2.54. The van der Waals surface area contributed by atoms with Gasteiger partial charge >= 0.3 is 0 Å². The summed E-state index contributed by atoms with van der Waals surface area (Å²) >= 11 is 5.89. The number of methoxy groups -OCH3 is 2. The fraction of sp³-hybridized carbons (Fsp3) is 0.100. The van der Waals surface area contributed by atoms with Gasteiger partial charge in [0.15, 0.2) is 0 Å². The lowest BCUT2D eigenvalue weighted by Gasteiger charge is -2.12. The molecule has 7 heteroatoms. The highest BCUT2D eigenvalue weighted by atomic mass is 35.5. The number of amides is 1. The lowest BCUT2D eigenvalue weighted by Crippen LogP contribution is -2.13. The number of ether oxygens (including phenoxy) is 2. The molecule has 1 aromatic heterocycles. The summed E-state index contributed by atoms with van der Waals surface area (Å²) in [4.78, 5) is 16.9. The van der Waals surface area contributed by atoms with Crippen molar-refractivity contribution in [3.05, 3.63) is 71.4 Å². The normalized spacial score (nSPS) is 10.2. The minimum atomic E-state index is -0.278. The quantitative estimate of drug-likeness (QED) is 0.642. The van der Waals surface area contributed by atoms with E-state index in [1.54, 1.807) is 55.8 Å². The Hall–Kier alpha value is -3.25. The Bertz CT molecular complexity index is 945. The average Bonchev–Trinajstić information content (AvgIpc) is 2.70. The van der Waals surface area contributed by atoms with Crippen LogP contribution in [0.25, 0.3) is 0 Å². The van der Waals surface area contributed by atoms with Gasteiger partial charge in [0.2, 0.25) is 0 Å². The molecule has 6 nitrogen and oxygen atoms in total. The largest absolute Gasteiger partial charge is 0.497 e. The van der Waals surface area contributed by atoms with E-state index >= 15 is 0 Å². The number of benzene rings is 2. The number of aromatic nitrogens is 1. The lowest BCUT2D eigenvalue weighted by molar-refractivity contribution is 0.102. The van der Waals surface area contributed by atoms with E-state index in [4.69, 9.17) is 21.1 Å². The van der Waals surface area contributed by atoms with E-state index in [0.717, 1.165) is 5.69 Å². The van der Waals surface area contributed by atoms with E-state index in [2.05, 4.69) is 15.6 Å². The van der Waals surface area contributed by atoms with Gasteiger partial charge in [-0.1, -0.05) is 11.6 Å². The number of hydrogen-bond donors (Lipinski definition) is 2. The zero-order valence-electron chi connectivity index (χ0n) is 14.8. The standard InChI is InChI=1S/C20H18ClN3O3/c1-26-16-7-8-17(18(12-16)27-2)24-20(25)13-9-10-22-19(11-13)23-15-5-3-14(21)4-6-15/h3-12H,1-2H3,(H,22,23)(H,24,25). The van der Waals surface area contributed by atoms with Crippen LogP contribution in [0.2, 0.25) is 5.02 Å².